The predicted octanol–water partition coefficient (Wildman–Crippen LogP) is 1.41. The minimum absolute atomic E-state index is 0.599. The lowest BCUT2D eigenvalue weighted by Gasteiger charge is -2.02. The summed E-state index contributed by atoms with van der Waals surface area (Å²) in [4.78, 5) is 4.51. The topological polar surface area (TPSA) is 56.7 Å². The third-order valence-corrected chi connectivity index (χ3v) is 2.98. The molecule has 0 fully saturated rings. The Balaban J connectivity index is 2.01. The molecule has 0 aliphatic heterocycles. The molecule has 4 heteroatoms. The number of aromatic nitrogens is 3. The number of rotatable bonds is 5. The zero-order chi connectivity index (χ0) is 13.0. The second-order valence-electron chi connectivity index (χ2n) is 4.60. The van der Waals surface area contributed by atoms with Gasteiger partial charge in [0.25, 0.3) is 0 Å². The molecule has 0 aliphatic rings. The number of nitrogens with zero attached hydrogens (tertiary/aromatic N) is 3. The van der Waals surface area contributed by atoms with Crippen LogP contribution in [0, 0.1) is 6.92 Å². The van der Waals surface area contributed by atoms with Crippen LogP contribution >= 0.6 is 0 Å². The molecule has 2 aromatic rings. The van der Waals surface area contributed by atoms with Crippen LogP contribution in [0.1, 0.15) is 22.8 Å². The molecule has 0 unspecified atom stereocenters. The minimum atomic E-state index is 0.599. The summed E-state index contributed by atoms with van der Waals surface area (Å²) in [5.41, 5.74) is 8.16. The Bertz CT molecular complexity index is 516. The van der Waals surface area contributed by atoms with Crippen LogP contribution in [0.25, 0.3) is 0 Å². The quantitative estimate of drug-likeness (QED) is 0.865. The Hall–Kier alpha value is -1.68. The highest BCUT2D eigenvalue weighted by Crippen LogP contribution is 2.08. The molecule has 1 aromatic carbocycles. The number of nitrogens with two attached hydrogens (primary N) is 1. The lowest BCUT2D eigenvalue weighted by atomic mass is 10.1. The van der Waals surface area contributed by atoms with Crippen LogP contribution < -0.4 is 5.73 Å². The van der Waals surface area contributed by atoms with E-state index in [-0.39, 0.29) is 0 Å². The molecule has 0 amide bonds. The van der Waals surface area contributed by atoms with E-state index in [9.17, 15) is 0 Å². The van der Waals surface area contributed by atoms with E-state index in [0.717, 1.165) is 30.9 Å². The van der Waals surface area contributed by atoms with Crippen molar-refractivity contribution in [3.8, 4) is 0 Å². The van der Waals surface area contributed by atoms with Crippen molar-refractivity contribution in [2.24, 2.45) is 12.8 Å². The number of hydrogen-bond acceptors (Lipinski definition) is 3. The lowest BCUT2D eigenvalue weighted by molar-refractivity contribution is 0.685. The van der Waals surface area contributed by atoms with Crippen LogP contribution in [0.3, 0.4) is 0 Å². The van der Waals surface area contributed by atoms with Gasteiger partial charge in [0.2, 0.25) is 0 Å². The first-order valence-electron chi connectivity index (χ1n) is 6.33. The fraction of sp³-hybridized carbons (Fsp3) is 0.429. The zero-order valence-corrected chi connectivity index (χ0v) is 11.1. The summed E-state index contributed by atoms with van der Waals surface area (Å²) in [6, 6.07) is 8.59. The fourth-order valence-electron chi connectivity index (χ4n) is 2.05. The molecular formula is C14H20N4. The second kappa shape index (κ2) is 5.78. The van der Waals surface area contributed by atoms with Crippen molar-refractivity contribution in [3.63, 3.8) is 0 Å². The zero-order valence-electron chi connectivity index (χ0n) is 11.1. The van der Waals surface area contributed by atoms with Crippen LogP contribution in [0.4, 0.5) is 0 Å². The van der Waals surface area contributed by atoms with E-state index in [1.807, 2.05) is 11.7 Å². The van der Waals surface area contributed by atoms with E-state index in [4.69, 9.17) is 5.73 Å². The van der Waals surface area contributed by atoms with E-state index in [1.54, 1.807) is 0 Å². The Kier molecular flexibility index (Phi) is 4.10. The molecule has 18 heavy (non-hydrogen) atoms. The monoisotopic (exact) mass is 244 g/mol. The van der Waals surface area contributed by atoms with Gasteiger partial charge in [-0.3, -0.25) is 4.68 Å². The van der Waals surface area contributed by atoms with Gasteiger partial charge < -0.3 is 5.73 Å². The highest BCUT2D eigenvalue weighted by atomic mass is 15.3. The molecule has 1 heterocycles. The normalized spacial score (nSPS) is 10.8. The smallest absolute Gasteiger partial charge is 0.152 e. The fourth-order valence-corrected chi connectivity index (χ4v) is 2.05. The standard InChI is InChI=1S/C14H20N4/c1-11-4-3-5-12(10-11)6-7-14-16-13(8-9-15)17-18(14)2/h3-5,10H,6-9,15H2,1-2H3. The molecule has 0 saturated carbocycles. The van der Waals surface area contributed by atoms with Gasteiger partial charge in [0.15, 0.2) is 5.82 Å². The first-order valence-corrected chi connectivity index (χ1v) is 6.33. The average molecular weight is 244 g/mol. The van der Waals surface area contributed by atoms with Crippen molar-refractivity contribution >= 4 is 0 Å². The average Bonchev–Trinajstić information content (AvgIpc) is 2.68. The maximum atomic E-state index is 5.51. The first-order chi connectivity index (χ1) is 8.69. The van der Waals surface area contributed by atoms with Gasteiger partial charge in [0, 0.05) is 19.9 Å². The van der Waals surface area contributed by atoms with Gasteiger partial charge in [0.05, 0.1) is 0 Å². The van der Waals surface area contributed by atoms with Gasteiger partial charge in [-0.15, -0.1) is 0 Å². The summed E-state index contributed by atoms with van der Waals surface area (Å²) >= 11 is 0. The van der Waals surface area contributed by atoms with E-state index >= 15 is 0 Å². The molecule has 1 aromatic heterocycles. The molecule has 0 aliphatic carbocycles. The van der Waals surface area contributed by atoms with Gasteiger partial charge in [-0.1, -0.05) is 29.8 Å². The highest BCUT2D eigenvalue weighted by Gasteiger charge is 2.06. The Labute approximate surface area is 108 Å². The van der Waals surface area contributed by atoms with Crippen molar-refractivity contribution in [2.75, 3.05) is 6.54 Å². The van der Waals surface area contributed by atoms with Crippen LogP contribution in [-0.4, -0.2) is 21.3 Å². The minimum Gasteiger partial charge on any atom is -0.330 e. The molecule has 0 bridgehead atoms. The Morgan fingerprint density at radius 1 is 1.22 bits per heavy atom. The summed E-state index contributed by atoms with van der Waals surface area (Å²) < 4.78 is 1.86. The number of benzene rings is 1. The van der Waals surface area contributed by atoms with Gasteiger partial charge >= 0.3 is 0 Å². The maximum Gasteiger partial charge on any atom is 0.152 e. The SMILES string of the molecule is Cc1cccc(CCc2nc(CCN)nn2C)c1. The van der Waals surface area contributed by atoms with Gasteiger partial charge in [-0.05, 0) is 25.5 Å². The number of hydrogen-bond donors (Lipinski definition) is 1. The van der Waals surface area contributed by atoms with E-state index in [0.29, 0.717) is 6.54 Å². The lowest BCUT2D eigenvalue weighted by Crippen LogP contribution is -2.04. The van der Waals surface area contributed by atoms with Crippen LogP contribution in [0.15, 0.2) is 24.3 Å². The molecule has 0 radical (unpaired) electrons. The second-order valence-corrected chi connectivity index (χ2v) is 4.60. The summed E-state index contributed by atoms with van der Waals surface area (Å²) in [7, 11) is 1.94. The Morgan fingerprint density at radius 3 is 2.78 bits per heavy atom. The maximum absolute atomic E-state index is 5.51. The van der Waals surface area contributed by atoms with Crippen molar-refractivity contribution in [3.05, 3.63) is 47.0 Å². The van der Waals surface area contributed by atoms with E-state index in [1.165, 1.54) is 11.1 Å². The van der Waals surface area contributed by atoms with E-state index in [2.05, 4.69) is 41.3 Å². The predicted molar refractivity (Wildman–Crippen MR) is 72.3 cm³/mol. The van der Waals surface area contributed by atoms with Crippen molar-refractivity contribution in [1.82, 2.24) is 14.8 Å². The Morgan fingerprint density at radius 2 is 2.06 bits per heavy atom. The van der Waals surface area contributed by atoms with E-state index < -0.39 is 0 Å². The molecule has 2 N–H and O–H groups in total. The van der Waals surface area contributed by atoms with Gasteiger partial charge in [-0.2, -0.15) is 5.10 Å². The summed E-state index contributed by atoms with van der Waals surface area (Å²) in [5.74, 6) is 1.87. The third-order valence-electron chi connectivity index (χ3n) is 2.98. The van der Waals surface area contributed by atoms with Gasteiger partial charge in [-0.25, -0.2) is 4.98 Å². The van der Waals surface area contributed by atoms with Crippen molar-refractivity contribution in [1.29, 1.82) is 0 Å². The molecule has 96 valence electrons. The molecule has 0 spiro atoms. The molecule has 0 atom stereocenters. The number of aryl methyl sites for hydroxylation is 4. The summed E-state index contributed by atoms with van der Waals surface area (Å²) in [6.07, 6.45) is 2.66. The van der Waals surface area contributed by atoms with Crippen molar-refractivity contribution in [2.45, 2.75) is 26.2 Å². The first kappa shape index (κ1) is 12.8. The summed E-state index contributed by atoms with van der Waals surface area (Å²) in [5, 5.41) is 4.36. The van der Waals surface area contributed by atoms with Crippen molar-refractivity contribution < 1.29 is 0 Å². The molecule has 2 rings (SSSR count). The van der Waals surface area contributed by atoms with Crippen LogP contribution in [0.5, 0.6) is 0 Å². The van der Waals surface area contributed by atoms with Crippen LogP contribution in [0.2, 0.25) is 0 Å². The highest BCUT2D eigenvalue weighted by molar-refractivity contribution is 5.22. The van der Waals surface area contributed by atoms with Gasteiger partial charge in [0.1, 0.15) is 5.82 Å². The molecular weight excluding hydrogens is 224 g/mol. The third kappa shape index (κ3) is 3.17. The van der Waals surface area contributed by atoms with Crippen LogP contribution in [-0.2, 0) is 26.3 Å². The molecule has 4 nitrogen and oxygen atoms in total. The summed E-state index contributed by atoms with van der Waals surface area (Å²) in [6.45, 7) is 2.71. The molecule has 0 saturated heterocycles. The largest absolute Gasteiger partial charge is 0.330 e.